The molecule has 1 aromatic rings. The van der Waals surface area contributed by atoms with Gasteiger partial charge in [-0.2, -0.15) is 13.2 Å². The van der Waals surface area contributed by atoms with Crippen LogP contribution in [0, 0.1) is 5.82 Å². The molecule has 2 aliphatic heterocycles. The van der Waals surface area contributed by atoms with E-state index in [4.69, 9.17) is 4.65 Å². The lowest BCUT2D eigenvalue weighted by atomic mass is 9.72. The Hall–Kier alpha value is -3.93. The van der Waals surface area contributed by atoms with Crippen molar-refractivity contribution in [3.8, 4) is 5.75 Å². The summed E-state index contributed by atoms with van der Waals surface area (Å²) < 4.78 is 58.8. The number of imide groups is 1. The molecule has 2 aliphatic rings. The highest BCUT2D eigenvalue weighted by Gasteiger charge is 2.50. The van der Waals surface area contributed by atoms with E-state index in [-0.39, 0.29) is 23.6 Å². The Bertz CT molecular complexity index is 1170. The van der Waals surface area contributed by atoms with Crippen molar-refractivity contribution in [3.63, 3.8) is 0 Å². The van der Waals surface area contributed by atoms with E-state index >= 15 is 0 Å². The first-order valence-electron chi connectivity index (χ1n) is 11.0. The Balaban J connectivity index is 1.81. The number of hydrogen-bond acceptors (Lipinski definition) is 8. The molecular weight excluding hydrogens is 527 g/mol. The van der Waals surface area contributed by atoms with Crippen molar-refractivity contribution < 1.29 is 61.4 Å². The number of aliphatic hydroxyl groups is 1. The van der Waals surface area contributed by atoms with E-state index in [1.807, 2.05) is 5.32 Å². The molecule has 1 aromatic carbocycles. The predicted octanol–water partition coefficient (Wildman–Crippen LogP) is -1.34. The normalized spacial score (nSPS) is 19.3. The minimum Gasteiger partial charge on any atom is -0.534 e. The van der Waals surface area contributed by atoms with E-state index in [1.165, 1.54) is 0 Å². The maximum atomic E-state index is 13.9. The minimum atomic E-state index is -5.43. The van der Waals surface area contributed by atoms with E-state index in [9.17, 15) is 56.8 Å². The number of carboxylic acids is 1. The van der Waals surface area contributed by atoms with Crippen molar-refractivity contribution in [3.05, 3.63) is 29.1 Å². The van der Waals surface area contributed by atoms with Gasteiger partial charge in [-0.3, -0.25) is 19.3 Å². The molecule has 0 aliphatic carbocycles. The number of amides is 5. The highest BCUT2D eigenvalue weighted by Crippen LogP contribution is 2.32. The molecule has 2 heterocycles. The number of halogens is 4. The first-order valence-corrected chi connectivity index (χ1v) is 11.0. The molecule has 206 valence electrons. The van der Waals surface area contributed by atoms with Crippen molar-refractivity contribution in [2.75, 3.05) is 19.6 Å². The van der Waals surface area contributed by atoms with Crippen molar-refractivity contribution in [1.82, 2.24) is 20.4 Å². The third-order valence-electron chi connectivity index (χ3n) is 5.90. The second kappa shape index (κ2) is 10.8. The van der Waals surface area contributed by atoms with Gasteiger partial charge < -0.3 is 35.4 Å². The second-order valence-corrected chi connectivity index (χ2v) is 8.30. The molecule has 3 rings (SSSR count). The molecular formula is C20H21BF4N4O9. The highest BCUT2D eigenvalue weighted by molar-refractivity contribution is 6.47. The van der Waals surface area contributed by atoms with Gasteiger partial charge >= 0.3 is 37.1 Å². The number of carbonyl (C=O) groups is 5. The molecule has 13 nitrogen and oxygen atoms in total. The lowest BCUT2D eigenvalue weighted by Gasteiger charge is -2.34. The maximum Gasteiger partial charge on any atom is 0.547 e. The van der Waals surface area contributed by atoms with Crippen LogP contribution in [-0.2, 0) is 20.8 Å². The predicted molar refractivity (Wildman–Crippen MR) is 116 cm³/mol. The average molecular weight is 548 g/mol. The summed E-state index contributed by atoms with van der Waals surface area (Å²) in [6.45, 7) is 1.18. The quantitative estimate of drug-likeness (QED) is 0.163. The van der Waals surface area contributed by atoms with E-state index in [2.05, 4.69) is 0 Å². The number of benzene rings is 1. The van der Waals surface area contributed by atoms with Crippen LogP contribution in [0.25, 0.3) is 0 Å². The van der Waals surface area contributed by atoms with Crippen LogP contribution in [0.4, 0.5) is 22.4 Å². The molecule has 2 unspecified atom stereocenters. The zero-order chi connectivity index (χ0) is 28.5. The summed E-state index contributed by atoms with van der Waals surface area (Å²) in [7, 11) is -2.06. The molecule has 1 fully saturated rings. The van der Waals surface area contributed by atoms with E-state index < -0.39 is 91.2 Å². The average Bonchev–Trinajstić information content (AvgIpc) is 2.83. The van der Waals surface area contributed by atoms with Crippen molar-refractivity contribution >= 4 is 36.8 Å². The van der Waals surface area contributed by atoms with Gasteiger partial charge in [0.2, 0.25) is 5.91 Å². The number of likely N-dealkylation sites (N-methyl/N-ethyl adjacent to an activating group) is 1. The fraction of sp³-hybridized carbons (Fsp3) is 0.450. The number of urea groups is 1. The molecule has 0 radical (unpaired) electrons. The molecule has 0 bridgehead atoms. The number of nitrogens with zero attached hydrogens (tertiary/aromatic N) is 2. The van der Waals surface area contributed by atoms with Crippen LogP contribution in [0.5, 0.6) is 5.75 Å². The largest absolute Gasteiger partial charge is 0.547 e. The number of aliphatic hydroxyl groups excluding tert-OH is 1. The first kappa shape index (κ1) is 28.6. The van der Waals surface area contributed by atoms with Crippen LogP contribution in [0.3, 0.4) is 0 Å². The summed E-state index contributed by atoms with van der Waals surface area (Å²) in [4.78, 5) is 62.2. The highest BCUT2D eigenvalue weighted by atomic mass is 19.4. The van der Waals surface area contributed by atoms with Gasteiger partial charge in [0, 0.05) is 19.6 Å². The molecule has 18 heteroatoms. The molecule has 38 heavy (non-hydrogen) atoms. The van der Waals surface area contributed by atoms with Gasteiger partial charge in [0.05, 0.1) is 5.94 Å². The lowest BCUT2D eigenvalue weighted by molar-refractivity contribution is -0.211. The number of piperazine rings is 1. The lowest BCUT2D eigenvalue weighted by Crippen LogP contribution is -2.65. The molecule has 0 spiro atoms. The Morgan fingerprint density at radius 1 is 1.21 bits per heavy atom. The van der Waals surface area contributed by atoms with Gasteiger partial charge in [-0.15, -0.1) is 0 Å². The van der Waals surface area contributed by atoms with Gasteiger partial charge in [-0.25, -0.2) is 14.0 Å². The third-order valence-corrected chi connectivity index (χ3v) is 5.90. The maximum absolute atomic E-state index is 13.9. The van der Waals surface area contributed by atoms with E-state index in [0.29, 0.717) is 0 Å². The minimum absolute atomic E-state index is 0.0192. The SMILES string of the molecule is CCN1CCN(C(=O)NC(C(=O)N[C@H]2Cc3ccc(F)c(C(=O)O)c3OB2O)C(O)C(F)(F)F)C(=O)C1=O. The van der Waals surface area contributed by atoms with Crippen LogP contribution in [0.1, 0.15) is 22.8 Å². The fourth-order valence-electron chi connectivity index (χ4n) is 3.89. The molecule has 5 N–H and O–H groups in total. The summed E-state index contributed by atoms with van der Waals surface area (Å²) in [6, 6.07) is -2.46. The van der Waals surface area contributed by atoms with Crippen molar-refractivity contribution in [1.29, 1.82) is 0 Å². The van der Waals surface area contributed by atoms with Gasteiger partial charge in [-0.1, -0.05) is 6.07 Å². The van der Waals surface area contributed by atoms with Crippen LogP contribution < -0.4 is 15.3 Å². The number of fused-ring (bicyclic) bond motifs is 1. The van der Waals surface area contributed by atoms with E-state index in [1.54, 1.807) is 12.2 Å². The second-order valence-electron chi connectivity index (χ2n) is 8.30. The van der Waals surface area contributed by atoms with Crippen molar-refractivity contribution in [2.24, 2.45) is 0 Å². The van der Waals surface area contributed by atoms with Gasteiger partial charge in [0.1, 0.15) is 23.2 Å². The van der Waals surface area contributed by atoms with Gasteiger partial charge in [-0.05, 0) is 25.0 Å². The van der Waals surface area contributed by atoms with Gasteiger partial charge in [0.15, 0.2) is 6.10 Å². The number of alkyl halides is 3. The number of nitrogens with one attached hydrogen (secondary N) is 2. The summed E-state index contributed by atoms with van der Waals surface area (Å²) in [5.41, 5.74) is -0.930. The molecule has 3 atom stereocenters. The topological polar surface area (TPSA) is 186 Å². The first-order chi connectivity index (χ1) is 17.7. The summed E-state index contributed by atoms with van der Waals surface area (Å²) in [5, 5.41) is 32.7. The standard InChI is InChI=1S/C20H21BF4N4O9/c1-2-28-5-6-29(17(33)16(28)32)19(36)27-12(14(30)20(23,24)25)15(31)26-10-7-8-3-4-9(22)11(18(34)35)13(8)38-21(10)37/h3-4,10,12,14,30,37H,2,5-7H2,1H3,(H,26,31)(H,27,36)(H,34,35)/t10-,12?,14?/m0/s1. The third kappa shape index (κ3) is 5.64. The van der Waals surface area contributed by atoms with Crippen LogP contribution in [-0.4, -0.2) is 106 Å². The zero-order valence-electron chi connectivity index (χ0n) is 19.5. The fourth-order valence-corrected chi connectivity index (χ4v) is 3.89. The Morgan fingerprint density at radius 2 is 1.87 bits per heavy atom. The Kier molecular flexibility index (Phi) is 8.16. The summed E-state index contributed by atoms with van der Waals surface area (Å²) >= 11 is 0. The number of carboxylic acid groups (broad SMARTS) is 1. The number of hydrogen-bond donors (Lipinski definition) is 5. The zero-order valence-corrected chi connectivity index (χ0v) is 19.5. The summed E-state index contributed by atoms with van der Waals surface area (Å²) in [6.07, 6.45) is -9.34. The van der Waals surface area contributed by atoms with Crippen molar-refractivity contribution in [2.45, 2.75) is 37.6 Å². The monoisotopic (exact) mass is 548 g/mol. The van der Waals surface area contributed by atoms with Crippen LogP contribution in [0.2, 0.25) is 0 Å². The molecule has 5 amide bonds. The van der Waals surface area contributed by atoms with Gasteiger partial charge in [0.25, 0.3) is 0 Å². The van der Waals surface area contributed by atoms with Crippen LogP contribution >= 0.6 is 0 Å². The molecule has 0 saturated carbocycles. The number of rotatable bonds is 6. The molecule has 0 aromatic heterocycles. The van der Waals surface area contributed by atoms with E-state index in [0.717, 1.165) is 17.0 Å². The number of aromatic carboxylic acids is 1. The smallest absolute Gasteiger partial charge is 0.534 e. The number of carbonyl (C=O) groups excluding carboxylic acids is 4. The molecule has 1 saturated heterocycles. The summed E-state index contributed by atoms with van der Waals surface area (Å²) in [5.74, 6) is -9.10. The van der Waals surface area contributed by atoms with Crippen LogP contribution in [0.15, 0.2) is 12.1 Å². The Morgan fingerprint density at radius 3 is 2.45 bits per heavy atom. The Labute approximate surface area is 211 Å².